The lowest BCUT2D eigenvalue weighted by Crippen LogP contribution is -2.16. The summed E-state index contributed by atoms with van der Waals surface area (Å²) in [5, 5.41) is 0. The van der Waals surface area contributed by atoms with E-state index in [4.69, 9.17) is 0 Å². The summed E-state index contributed by atoms with van der Waals surface area (Å²) >= 11 is 0. The molecule has 0 fully saturated rings. The number of H-pyrrole nitrogens is 1. The van der Waals surface area contributed by atoms with Gasteiger partial charge in [0.2, 0.25) is 0 Å². The van der Waals surface area contributed by atoms with Gasteiger partial charge in [0.05, 0.1) is 11.0 Å². The molecule has 0 amide bonds. The van der Waals surface area contributed by atoms with Crippen molar-refractivity contribution in [2.24, 2.45) is 0 Å². The molecule has 0 spiro atoms. The van der Waals surface area contributed by atoms with Gasteiger partial charge in [-0.2, -0.15) is 0 Å². The van der Waals surface area contributed by atoms with Crippen molar-refractivity contribution in [3.05, 3.63) is 46.4 Å². The number of nitrogens with zero attached hydrogens (tertiary/aromatic N) is 1. The fraction of sp³-hybridized carbons (Fsp3) is 0.500. The zero-order chi connectivity index (χ0) is 15.2. The maximum Gasteiger partial charge on any atom is 0.326 e. The van der Waals surface area contributed by atoms with Crippen molar-refractivity contribution in [3.8, 4) is 0 Å². The van der Waals surface area contributed by atoms with E-state index in [1.807, 2.05) is 17.6 Å². The molecule has 0 bridgehead atoms. The zero-order valence-corrected chi connectivity index (χ0v) is 13.4. The monoisotopic (exact) mass is 286 g/mol. The average Bonchev–Trinajstić information content (AvgIpc) is 2.82. The van der Waals surface area contributed by atoms with Gasteiger partial charge in [-0.05, 0) is 50.2 Å². The molecule has 2 aromatic rings. The largest absolute Gasteiger partial charge is 0.326 e. The summed E-state index contributed by atoms with van der Waals surface area (Å²) in [6.45, 7) is 7.13. The SMILES string of the molecule is CCC=CCCC(CC)c1cccc2[nH]c(=O)n(CC)c12. The number of imidazole rings is 1. The Bertz CT molecular complexity index is 663. The van der Waals surface area contributed by atoms with Crippen molar-refractivity contribution in [2.45, 2.75) is 58.9 Å². The molecule has 0 radical (unpaired) electrons. The fourth-order valence-corrected chi connectivity index (χ4v) is 3.04. The Labute approximate surface area is 126 Å². The molecule has 0 saturated carbocycles. The van der Waals surface area contributed by atoms with Crippen molar-refractivity contribution >= 4 is 11.0 Å². The molecule has 1 heterocycles. The number of benzene rings is 1. The van der Waals surface area contributed by atoms with Gasteiger partial charge in [-0.3, -0.25) is 4.57 Å². The number of para-hydroxylation sites is 1. The Balaban J connectivity index is 2.39. The molecule has 21 heavy (non-hydrogen) atoms. The van der Waals surface area contributed by atoms with Gasteiger partial charge >= 0.3 is 5.69 Å². The van der Waals surface area contributed by atoms with Crippen LogP contribution >= 0.6 is 0 Å². The highest BCUT2D eigenvalue weighted by Gasteiger charge is 2.16. The summed E-state index contributed by atoms with van der Waals surface area (Å²) in [7, 11) is 0. The van der Waals surface area contributed by atoms with Crippen LogP contribution in [0.15, 0.2) is 35.1 Å². The van der Waals surface area contributed by atoms with E-state index >= 15 is 0 Å². The molecule has 3 nitrogen and oxygen atoms in total. The molecule has 0 aliphatic carbocycles. The Morgan fingerprint density at radius 2 is 2.05 bits per heavy atom. The van der Waals surface area contributed by atoms with E-state index in [2.05, 4.69) is 43.1 Å². The summed E-state index contributed by atoms with van der Waals surface area (Å²) in [4.78, 5) is 15.0. The first-order chi connectivity index (χ1) is 10.2. The molecule has 1 aromatic carbocycles. The van der Waals surface area contributed by atoms with Gasteiger partial charge in [0.15, 0.2) is 0 Å². The van der Waals surface area contributed by atoms with E-state index in [1.165, 1.54) is 5.56 Å². The molecule has 1 unspecified atom stereocenters. The third kappa shape index (κ3) is 3.29. The van der Waals surface area contributed by atoms with E-state index in [0.29, 0.717) is 12.5 Å². The molecule has 114 valence electrons. The number of aryl methyl sites for hydroxylation is 1. The van der Waals surface area contributed by atoms with Crippen LogP contribution in [0.3, 0.4) is 0 Å². The van der Waals surface area contributed by atoms with Crippen LogP contribution in [-0.4, -0.2) is 9.55 Å². The van der Waals surface area contributed by atoms with Crippen LogP contribution in [0, 0.1) is 0 Å². The van der Waals surface area contributed by atoms with Crippen LogP contribution in [0.5, 0.6) is 0 Å². The lowest BCUT2D eigenvalue weighted by Gasteiger charge is -2.16. The molecule has 0 aliphatic heterocycles. The highest BCUT2D eigenvalue weighted by Crippen LogP contribution is 2.30. The number of hydrogen-bond acceptors (Lipinski definition) is 1. The molecule has 2 rings (SSSR count). The van der Waals surface area contributed by atoms with Crippen LogP contribution in [-0.2, 0) is 6.54 Å². The lowest BCUT2D eigenvalue weighted by atomic mass is 9.90. The van der Waals surface area contributed by atoms with Crippen molar-refractivity contribution in [1.29, 1.82) is 0 Å². The predicted octanol–water partition coefficient (Wildman–Crippen LogP) is 4.59. The smallest absolute Gasteiger partial charge is 0.306 e. The molecule has 0 saturated heterocycles. The summed E-state index contributed by atoms with van der Waals surface area (Å²) in [5.41, 5.74) is 3.36. The van der Waals surface area contributed by atoms with E-state index in [9.17, 15) is 4.79 Å². The summed E-state index contributed by atoms with van der Waals surface area (Å²) < 4.78 is 1.86. The second-order valence-corrected chi connectivity index (χ2v) is 5.48. The minimum atomic E-state index is 0.000631. The molecule has 0 aliphatic rings. The number of nitrogens with one attached hydrogen (secondary N) is 1. The zero-order valence-electron chi connectivity index (χ0n) is 13.4. The van der Waals surface area contributed by atoms with Crippen LogP contribution in [0.4, 0.5) is 0 Å². The maximum absolute atomic E-state index is 12.0. The first-order valence-corrected chi connectivity index (χ1v) is 8.09. The highest BCUT2D eigenvalue weighted by molar-refractivity contribution is 5.79. The fourth-order valence-electron chi connectivity index (χ4n) is 3.04. The average molecular weight is 286 g/mol. The number of fused-ring (bicyclic) bond motifs is 1. The Hall–Kier alpha value is -1.77. The van der Waals surface area contributed by atoms with Gasteiger partial charge in [-0.1, -0.05) is 38.1 Å². The van der Waals surface area contributed by atoms with Crippen molar-refractivity contribution in [2.75, 3.05) is 0 Å². The highest BCUT2D eigenvalue weighted by atomic mass is 16.1. The topological polar surface area (TPSA) is 37.8 Å². The van der Waals surface area contributed by atoms with Crippen molar-refractivity contribution in [1.82, 2.24) is 9.55 Å². The first-order valence-electron chi connectivity index (χ1n) is 8.09. The number of aromatic amines is 1. The standard InChI is InChI=1S/C18H26N2O/c1-4-7-8-9-11-14(5-2)15-12-10-13-16-17(15)20(6-3)18(21)19-16/h7-8,10,12-14H,4-6,9,11H2,1-3H3,(H,19,21). The van der Waals surface area contributed by atoms with E-state index < -0.39 is 0 Å². The Morgan fingerprint density at radius 3 is 2.71 bits per heavy atom. The lowest BCUT2D eigenvalue weighted by molar-refractivity contribution is 0.612. The predicted molar refractivity (Wildman–Crippen MR) is 89.9 cm³/mol. The molecular weight excluding hydrogens is 260 g/mol. The van der Waals surface area contributed by atoms with Gasteiger partial charge in [0, 0.05) is 6.54 Å². The number of rotatable bonds is 7. The van der Waals surface area contributed by atoms with Crippen molar-refractivity contribution in [3.63, 3.8) is 0 Å². The van der Waals surface area contributed by atoms with Gasteiger partial charge in [0.25, 0.3) is 0 Å². The molecular formula is C18H26N2O. The van der Waals surface area contributed by atoms with Crippen molar-refractivity contribution < 1.29 is 0 Å². The third-order valence-corrected chi connectivity index (χ3v) is 4.16. The third-order valence-electron chi connectivity index (χ3n) is 4.16. The van der Waals surface area contributed by atoms with Gasteiger partial charge in [-0.15, -0.1) is 0 Å². The van der Waals surface area contributed by atoms with Gasteiger partial charge in [0.1, 0.15) is 0 Å². The van der Waals surface area contributed by atoms with E-state index in [1.54, 1.807) is 0 Å². The quantitative estimate of drug-likeness (QED) is 0.743. The number of hydrogen-bond donors (Lipinski definition) is 1. The minimum Gasteiger partial charge on any atom is -0.306 e. The molecule has 1 aromatic heterocycles. The maximum atomic E-state index is 12.0. The van der Waals surface area contributed by atoms with Crippen LogP contribution in [0.25, 0.3) is 11.0 Å². The van der Waals surface area contributed by atoms with E-state index in [0.717, 1.165) is 36.7 Å². The van der Waals surface area contributed by atoms with Gasteiger partial charge in [-0.25, -0.2) is 4.79 Å². The first kappa shape index (κ1) is 15.6. The second kappa shape index (κ2) is 7.30. The minimum absolute atomic E-state index is 0.000631. The number of allylic oxidation sites excluding steroid dienone is 2. The van der Waals surface area contributed by atoms with E-state index in [-0.39, 0.29) is 5.69 Å². The summed E-state index contributed by atoms with van der Waals surface area (Å²) in [6, 6.07) is 6.23. The summed E-state index contributed by atoms with van der Waals surface area (Å²) in [6.07, 6.45) is 8.93. The van der Waals surface area contributed by atoms with Crippen LogP contribution in [0.2, 0.25) is 0 Å². The Morgan fingerprint density at radius 1 is 1.24 bits per heavy atom. The van der Waals surface area contributed by atoms with Gasteiger partial charge < -0.3 is 4.98 Å². The number of aromatic nitrogens is 2. The molecule has 3 heteroatoms. The second-order valence-electron chi connectivity index (χ2n) is 5.48. The summed E-state index contributed by atoms with van der Waals surface area (Å²) in [5.74, 6) is 0.503. The van der Waals surface area contributed by atoms with Crippen LogP contribution < -0.4 is 5.69 Å². The van der Waals surface area contributed by atoms with Crippen LogP contribution in [0.1, 0.15) is 57.9 Å². The normalized spacial score (nSPS) is 13.3. The Kier molecular flexibility index (Phi) is 5.43. The molecule has 1 atom stereocenters. The molecule has 1 N–H and O–H groups in total.